The number of para-hydroxylation sites is 3. The van der Waals surface area contributed by atoms with E-state index in [-0.39, 0.29) is 0 Å². The molecule has 256 valence electrons. The second-order valence-electron chi connectivity index (χ2n) is 14.4. The van der Waals surface area contributed by atoms with Gasteiger partial charge in [-0.3, -0.25) is 4.90 Å². The van der Waals surface area contributed by atoms with E-state index >= 15 is 0 Å². The van der Waals surface area contributed by atoms with Crippen molar-refractivity contribution in [2.45, 2.75) is 19.3 Å². The molecule has 6 heteroatoms. The first-order valence-corrected chi connectivity index (χ1v) is 18.3. The topological polar surface area (TPSA) is 60.0 Å². The average molecular weight is 696 g/mol. The van der Waals surface area contributed by atoms with Gasteiger partial charge in [0.25, 0.3) is 0 Å². The summed E-state index contributed by atoms with van der Waals surface area (Å²) in [4.78, 5) is 18.2. The van der Waals surface area contributed by atoms with E-state index in [0.29, 0.717) is 17.6 Å². The Morgan fingerprint density at radius 3 is 1.83 bits per heavy atom. The molecule has 0 unspecified atom stereocenters. The summed E-state index contributed by atoms with van der Waals surface area (Å²) in [6.07, 6.45) is 0. The lowest BCUT2D eigenvalue weighted by atomic mass is 9.77. The van der Waals surface area contributed by atoms with Crippen molar-refractivity contribution in [2.75, 3.05) is 4.90 Å². The minimum Gasteiger partial charge on any atom is -0.454 e. The minimum atomic E-state index is -0.403. The van der Waals surface area contributed by atoms with E-state index in [1.165, 1.54) is 11.1 Å². The Balaban J connectivity index is 1.36. The first kappa shape index (κ1) is 30.6. The highest BCUT2D eigenvalue weighted by atomic mass is 16.3. The highest BCUT2D eigenvalue weighted by Crippen LogP contribution is 2.62. The summed E-state index contributed by atoms with van der Waals surface area (Å²) in [6, 6.07) is 56.8. The van der Waals surface area contributed by atoms with E-state index in [2.05, 4.69) is 151 Å². The third kappa shape index (κ3) is 4.31. The fraction of sp³-hybridized carbons (Fsp3) is 0.0625. The van der Waals surface area contributed by atoms with Gasteiger partial charge in [0, 0.05) is 44.1 Å². The van der Waals surface area contributed by atoms with Gasteiger partial charge in [0.2, 0.25) is 5.95 Å². The lowest BCUT2D eigenvalue weighted by Gasteiger charge is -2.27. The summed E-state index contributed by atoms with van der Waals surface area (Å²) in [7, 11) is 0. The SMILES string of the molecule is CC1(C)C2=C(c3ccccc31)N(c1nc(-c3ccccc3)nc(-c3ccccc3)n1)c1c(n(-c3ccccc3)c3ccccc13)-c1oc3ccccc3c12. The Bertz CT molecular complexity index is 2900. The molecule has 0 atom stereocenters. The molecular weight excluding hydrogens is 663 g/mol. The standard InChI is InChI=1S/C48H33N5O/c1-48(2)36-27-15-12-24-33(36)41-40(48)39-35-26-14-17-29-38(35)54-44(39)43-42(34-25-13-16-28-37(34)52(43)32-22-10-5-11-23-32)53(41)47-50-45(30-18-6-3-7-19-30)49-46(51-47)31-20-8-4-9-21-31/h3-29H,1-2H3. The van der Waals surface area contributed by atoms with Gasteiger partial charge in [-0.15, -0.1) is 0 Å². The number of hydrogen-bond donors (Lipinski definition) is 0. The second-order valence-corrected chi connectivity index (χ2v) is 14.4. The van der Waals surface area contributed by atoms with E-state index in [9.17, 15) is 0 Å². The van der Waals surface area contributed by atoms with Crippen molar-refractivity contribution in [3.63, 3.8) is 0 Å². The Labute approximate surface area is 312 Å². The molecule has 0 fully saturated rings. The minimum absolute atomic E-state index is 0.403. The lowest BCUT2D eigenvalue weighted by molar-refractivity contribution is 0.624. The van der Waals surface area contributed by atoms with Crippen molar-refractivity contribution in [3.05, 3.63) is 180 Å². The zero-order valence-electron chi connectivity index (χ0n) is 29.7. The predicted molar refractivity (Wildman–Crippen MR) is 218 cm³/mol. The number of aromatic nitrogens is 4. The molecule has 4 heterocycles. The van der Waals surface area contributed by atoms with Crippen LogP contribution < -0.4 is 4.90 Å². The van der Waals surface area contributed by atoms with Crippen LogP contribution in [-0.2, 0) is 5.41 Å². The number of nitrogens with zero attached hydrogens (tertiary/aromatic N) is 5. The van der Waals surface area contributed by atoms with Gasteiger partial charge in [-0.25, -0.2) is 4.98 Å². The van der Waals surface area contributed by atoms with Crippen molar-refractivity contribution in [2.24, 2.45) is 0 Å². The molecule has 2 aliphatic rings. The molecule has 0 N–H and O–H groups in total. The predicted octanol–water partition coefficient (Wildman–Crippen LogP) is 11.9. The van der Waals surface area contributed by atoms with Crippen molar-refractivity contribution >= 4 is 44.8 Å². The maximum absolute atomic E-state index is 7.12. The van der Waals surface area contributed by atoms with Gasteiger partial charge in [-0.1, -0.05) is 153 Å². The van der Waals surface area contributed by atoms with Gasteiger partial charge in [-0.2, -0.15) is 9.97 Å². The smallest absolute Gasteiger partial charge is 0.238 e. The molecule has 6 aromatic carbocycles. The number of benzene rings is 6. The molecule has 0 radical (unpaired) electrons. The summed E-state index contributed by atoms with van der Waals surface area (Å²) >= 11 is 0. The summed E-state index contributed by atoms with van der Waals surface area (Å²) in [5.41, 5.74) is 12.0. The third-order valence-corrected chi connectivity index (χ3v) is 11.0. The second kappa shape index (κ2) is 11.5. The number of allylic oxidation sites excluding steroid dienone is 1. The normalized spacial score (nSPS) is 14.1. The van der Waals surface area contributed by atoms with E-state index in [1.54, 1.807) is 0 Å². The van der Waals surface area contributed by atoms with E-state index < -0.39 is 5.41 Å². The number of hydrogen-bond acceptors (Lipinski definition) is 5. The van der Waals surface area contributed by atoms with Crippen LogP contribution in [0.3, 0.4) is 0 Å². The lowest BCUT2D eigenvalue weighted by Crippen LogP contribution is -2.20. The molecule has 3 aromatic heterocycles. The summed E-state index contributed by atoms with van der Waals surface area (Å²) in [5, 5.41) is 2.13. The van der Waals surface area contributed by atoms with Gasteiger partial charge in [0.05, 0.1) is 16.9 Å². The number of fused-ring (bicyclic) bond motifs is 10. The van der Waals surface area contributed by atoms with Crippen LogP contribution in [0.2, 0.25) is 0 Å². The van der Waals surface area contributed by atoms with Crippen molar-refractivity contribution in [1.82, 2.24) is 19.5 Å². The van der Waals surface area contributed by atoms with Crippen molar-refractivity contribution in [1.29, 1.82) is 0 Å². The van der Waals surface area contributed by atoms with Crippen LogP contribution in [0.1, 0.15) is 30.5 Å². The van der Waals surface area contributed by atoms with Gasteiger partial charge >= 0.3 is 0 Å². The molecule has 6 nitrogen and oxygen atoms in total. The maximum atomic E-state index is 7.12. The van der Waals surface area contributed by atoms with E-state index in [4.69, 9.17) is 19.4 Å². The molecule has 0 spiro atoms. The molecule has 9 aromatic rings. The zero-order valence-corrected chi connectivity index (χ0v) is 29.7. The van der Waals surface area contributed by atoms with Crippen LogP contribution in [0, 0.1) is 0 Å². The molecular formula is C48H33N5O. The summed E-state index contributed by atoms with van der Waals surface area (Å²) in [6.45, 7) is 4.66. The Morgan fingerprint density at radius 1 is 0.556 bits per heavy atom. The summed E-state index contributed by atoms with van der Waals surface area (Å²) in [5.74, 6) is 2.57. The van der Waals surface area contributed by atoms with Crippen molar-refractivity contribution < 1.29 is 4.42 Å². The molecule has 0 amide bonds. The van der Waals surface area contributed by atoms with Crippen LogP contribution in [0.4, 0.5) is 11.6 Å². The maximum Gasteiger partial charge on any atom is 0.238 e. The zero-order chi connectivity index (χ0) is 36.0. The molecule has 0 saturated heterocycles. The average Bonchev–Trinajstić information content (AvgIpc) is 3.81. The molecule has 1 aliphatic carbocycles. The number of rotatable bonds is 4. The van der Waals surface area contributed by atoms with Crippen molar-refractivity contribution in [3.8, 4) is 39.9 Å². The third-order valence-electron chi connectivity index (χ3n) is 11.0. The van der Waals surface area contributed by atoms with Crippen LogP contribution in [0.25, 0.3) is 73.1 Å². The first-order valence-electron chi connectivity index (χ1n) is 18.3. The molecule has 54 heavy (non-hydrogen) atoms. The fourth-order valence-corrected chi connectivity index (χ4v) is 8.64. The van der Waals surface area contributed by atoms with Crippen LogP contribution in [0.5, 0.6) is 0 Å². The van der Waals surface area contributed by atoms with Gasteiger partial charge in [0.15, 0.2) is 17.4 Å². The van der Waals surface area contributed by atoms with Crippen LogP contribution >= 0.6 is 0 Å². The Morgan fingerprint density at radius 2 is 1.13 bits per heavy atom. The first-order chi connectivity index (χ1) is 26.6. The van der Waals surface area contributed by atoms with Crippen LogP contribution in [-0.4, -0.2) is 19.5 Å². The van der Waals surface area contributed by atoms with E-state index in [0.717, 1.165) is 72.7 Å². The molecule has 1 aliphatic heterocycles. The quantitative estimate of drug-likeness (QED) is 0.183. The van der Waals surface area contributed by atoms with Gasteiger partial charge in [0.1, 0.15) is 11.3 Å². The number of furan rings is 1. The monoisotopic (exact) mass is 695 g/mol. The summed E-state index contributed by atoms with van der Waals surface area (Å²) < 4.78 is 9.47. The highest BCUT2D eigenvalue weighted by Gasteiger charge is 2.48. The Hall–Kier alpha value is -7.05. The number of anilines is 2. The van der Waals surface area contributed by atoms with Crippen LogP contribution in [0.15, 0.2) is 168 Å². The highest BCUT2D eigenvalue weighted by molar-refractivity contribution is 6.21. The van der Waals surface area contributed by atoms with E-state index in [1.807, 2.05) is 36.4 Å². The van der Waals surface area contributed by atoms with Gasteiger partial charge in [-0.05, 0) is 35.4 Å². The molecule has 11 rings (SSSR count). The molecule has 0 bridgehead atoms. The molecule has 0 saturated carbocycles. The Kier molecular flexibility index (Phi) is 6.49. The largest absolute Gasteiger partial charge is 0.454 e. The fourth-order valence-electron chi connectivity index (χ4n) is 8.64. The van der Waals surface area contributed by atoms with Gasteiger partial charge < -0.3 is 8.98 Å².